The van der Waals surface area contributed by atoms with Crippen molar-refractivity contribution in [3.05, 3.63) is 63.3 Å². The average molecular weight is 454 g/mol. The fourth-order valence-corrected chi connectivity index (χ4v) is 5.64. The summed E-state index contributed by atoms with van der Waals surface area (Å²) in [4.78, 5) is 45.9. The third-order valence-electron chi connectivity index (χ3n) is 5.47. The summed E-state index contributed by atoms with van der Waals surface area (Å²) in [5.74, 6) is 0.234. The smallest absolute Gasteiger partial charge is 0.263 e. The van der Waals surface area contributed by atoms with Gasteiger partial charge in [0.1, 0.15) is 4.83 Å². The number of aromatic nitrogens is 2. The quantitative estimate of drug-likeness (QED) is 0.230. The molecule has 31 heavy (non-hydrogen) atoms. The molecule has 8 heteroatoms. The lowest BCUT2D eigenvalue weighted by Crippen LogP contribution is -2.23. The predicted molar refractivity (Wildman–Crippen MR) is 127 cm³/mol. The number of ketones is 1. The Morgan fingerprint density at radius 2 is 2.00 bits per heavy atom. The zero-order chi connectivity index (χ0) is 22.1. The van der Waals surface area contributed by atoms with Crippen molar-refractivity contribution in [1.82, 2.24) is 9.55 Å². The van der Waals surface area contributed by atoms with Crippen LogP contribution in [0.3, 0.4) is 0 Å². The van der Waals surface area contributed by atoms with Gasteiger partial charge in [0, 0.05) is 35.6 Å². The van der Waals surface area contributed by atoms with Crippen molar-refractivity contribution in [2.75, 3.05) is 17.2 Å². The highest BCUT2D eigenvalue weighted by molar-refractivity contribution is 7.99. The molecule has 3 aromatic rings. The van der Waals surface area contributed by atoms with Gasteiger partial charge in [0.25, 0.3) is 5.56 Å². The number of allylic oxidation sites excluding steroid dienone is 1. The van der Waals surface area contributed by atoms with Crippen molar-refractivity contribution in [3.8, 4) is 0 Å². The Balaban J connectivity index is 1.55. The molecule has 0 spiro atoms. The zero-order valence-corrected chi connectivity index (χ0v) is 19.1. The van der Waals surface area contributed by atoms with E-state index in [1.54, 1.807) is 27.7 Å². The van der Waals surface area contributed by atoms with Crippen LogP contribution in [0.25, 0.3) is 10.2 Å². The molecule has 1 aliphatic heterocycles. The van der Waals surface area contributed by atoms with Crippen LogP contribution in [0.4, 0.5) is 5.69 Å². The highest BCUT2D eigenvalue weighted by Crippen LogP contribution is 2.29. The van der Waals surface area contributed by atoms with Gasteiger partial charge in [-0.3, -0.25) is 19.0 Å². The lowest BCUT2D eigenvalue weighted by molar-refractivity contribution is -0.117. The van der Waals surface area contributed by atoms with Gasteiger partial charge < -0.3 is 4.90 Å². The molecule has 160 valence electrons. The van der Waals surface area contributed by atoms with Gasteiger partial charge in [0.05, 0.1) is 11.1 Å². The summed E-state index contributed by atoms with van der Waals surface area (Å²) in [7, 11) is 0. The molecule has 1 aromatic carbocycles. The lowest BCUT2D eigenvalue weighted by Gasteiger charge is -2.15. The van der Waals surface area contributed by atoms with Crippen LogP contribution in [0.2, 0.25) is 0 Å². The molecular formula is C23H23N3O3S2. The summed E-state index contributed by atoms with van der Waals surface area (Å²) in [5, 5.41) is 1.17. The number of carbonyl (C=O) groups excluding carboxylic acids is 2. The third-order valence-corrected chi connectivity index (χ3v) is 7.55. The summed E-state index contributed by atoms with van der Waals surface area (Å²) in [6.45, 7) is 8.72. The first-order chi connectivity index (χ1) is 14.9. The average Bonchev–Trinajstić information content (AvgIpc) is 3.31. The normalized spacial score (nSPS) is 13.9. The summed E-state index contributed by atoms with van der Waals surface area (Å²) < 4.78 is 1.58. The highest BCUT2D eigenvalue weighted by Gasteiger charge is 2.22. The van der Waals surface area contributed by atoms with E-state index in [0.29, 0.717) is 33.9 Å². The summed E-state index contributed by atoms with van der Waals surface area (Å²) in [6.07, 6.45) is 3.10. The summed E-state index contributed by atoms with van der Waals surface area (Å²) in [5.41, 5.74) is 2.26. The van der Waals surface area contributed by atoms with Crippen LogP contribution in [0.15, 0.2) is 46.9 Å². The van der Waals surface area contributed by atoms with Crippen LogP contribution in [-0.4, -0.2) is 33.5 Å². The van der Waals surface area contributed by atoms with Crippen LogP contribution in [0, 0.1) is 13.8 Å². The van der Waals surface area contributed by atoms with Gasteiger partial charge in [0.15, 0.2) is 10.9 Å². The maximum Gasteiger partial charge on any atom is 0.263 e. The van der Waals surface area contributed by atoms with E-state index in [1.165, 1.54) is 23.1 Å². The van der Waals surface area contributed by atoms with Crippen LogP contribution in [-0.2, 0) is 11.3 Å². The second-order valence-electron chi connectivity index (χ2n) is 7.47. The second kappa shape index (κ2) is 8.80. The molecule has 0 saturated carbocycles. The number of carbonyl (C=O) groups is 2. The number of fused-ring (bicyclic) bond motifs is 1. The number of Topliss-reactive ketones (excluding diaryl/α,β-unsaturated/α-hetero) is 1. The summed E-state index contributed by atoms with van der Waals surface area (Å²) >= 11 is 2.76. The topological polar surface area (TPSA) is 72.3 Å². The first-order valence-corrected chi connectivity index (χ1v) is 11.9. The van der Waals surface area contributed by atoms with E-state index in [2.05, 4.69) is 11.6 Å². The molecule has 1 fully saturated rings. The number of amides is 1. The Morgan fingerprint density at radius 1 is 1.26 bits per heavy atom. The SMILES string of the molecule is C=CCn1c(SCC(=O)c2ccc(N3CCCC3=O)cc2)nc2sc(C)c(C)c2c1=O. The summed E-state index contributed by atoms with van der Waals surface area (Å²) in [6, 6.07) is 7.14. The fourth-order valence-electron chi connectivity index (χ4n) is 3.67. The van der Waals surface area contributed by atoms with Crippen LogP contribution < -0.4 is 10.5 Å². The maximum atomic E-state index is 13.0. The minimum absolute atomic E-state index is 0.0534. The van der Waals surface area contributed by atoms with Crippen molar-refractivity contribution in [3.63, 3.8) is 0 Å². The molecule has 1 amide bonds. The molecule has 0 bridgehead atoms. The number of thiophene rings is 1. The van der Waals surface area contributed by atoms with E-state index in [4.69, 9.17) is 0 Å². The van der Waals surface area contributed by atoms with E-state index in [0.717, 1.165) is 29.1 Å². The molecule has 1 aliphatic rings. The van der Waals surface area contributed by atoms with Gasteiger partial charge in [-0.15, -0.1) is 17.9 Å². The first-order valence-electron chi connectivity index (χ1n) is 10.1. The van der Waals surface area contributed by atoms with Crippen molar-refractivity contribution < 1.29 is 9.59 Å². The van der Waals surface area contributed by atoms with Gasteiger partial charge in [-0.2, -0.15) is 0 Å². The molecule has 0 unspecified atom stereocenters. The Morgan fingerprint density at radius 3 is 2.65 bits per heavy atom. The number of benzene rings is 1. The van der Waals surface area contributed by atoms with Gasteiger partial charge in [-0.1, -0.05) is 17.8 Å². The number of thioether (sulfide) groups is 1. The molecule has 0 radical (unpaired) electrons. The Hall–Kier alpha value is -2.71. The molecule has 3 heterocycles. The molecule has 1 saturated heterocycles. The van der Waals surface area contributed by atoms with Crippen LogP contribution in [0.5, 0.6) is 0 Å². The lowest BCUT2D eigenvalue weighted by atomic mass is 10.1. The monoisotopic (exact) mass is 453 g/mol. The molecule has 0 aliphatic carbocycles. The number of nitrogens with zero attached hydrogens (tertiary/aromatic N) is 3. The minimum Gasteiger partial charge on any atom is -0.312 e. The standard InChI is InChI=1S/C23H23N3O3S2/c1-4-11-26-22(29)20-14(2)15(3)31-21(20)24-23(26)30-13-18(27)16-7-9-17(10-8-16)25-12-5-6-19(25)28/h4,7-10H,1,5-6,11-13H2,2-3H3. The predicted octanol–water partition coefficient (Wildman–Crippen LogP) is 4.36. The van der Waals surface area contributed by atoms with Crippen LogP contribution >= 0.6 is 23.1 Å². The Bertz CT molecular complexity index is 1240. The third kappa shape index (κ3) is 4.09. The number of anilines is 1. The zero-order valence-electron chi connectivity index (χ0n) is 17.5. The second-order valence-corrected chi connectivity index (χ2v) is 9.62. The molecule has 0 atom stereocenters. The number of hydrogen-bond acceptors (Lipinski definition) is 6. The minimum atomic E-state index is -0.0960. The van der Waals surface area contributed by atoms with E-state index in [-0.39, 0.29) is 23.0 Å². The fraction of sp³-hybridized carbons (Fsp3) is 0.304. The van der Waals surface area contributed by atoms with Crippen molar-refractivity contribution >= 4 is 50.7 Å². The molecule has 0 N–H and O–H groups in total. The van der Waals surface area contributed by atoms with Gasteiger partial charge in [-0.05, 0) is 50.1 Å². The molecule has 2 aromatic heterocycles. The number of rotatable bonds is 7. The number of aryl methyl sites for hydroxylation is 2. The van der Waals surface area contributed by atoms with E-state index >= 15 is 0 Å². The van der Waals surface area contributed by atoms with Crippen molar-refractivity contribution in [2.24, 2.45) is 0 Å². The Kier molecular flexibility index (Phi) is 6.11. The van der Waals surface area contributed by atoms with Crippen LogP contribution in [0.1, 0.15) is 33.6 Å². The Labute approximate surface area is 188 Å². The highest BCUT2D eigenvalue weighted by atomic mass is 32.2. The van der Waals surface area contributed by atoms with Gasteiger partial charge >= 0.3 is 0 Å². The van der Waals surface area contributed by atoms with Gasteiger partial charge in [0.2, 0.25) is 5.91 Å². The van der Waals surface area contributed by atoms with Gasteiger partial charge in [-0.25, -0.2) is 4.98 Å². The van der Waals surface area contributed by atoms with E-state index in [9.17, 15) is 14.4 Å². The van der Waals surface area contributed by atoms with E-state index < -0.39 is 0 Å². The van der Waals surface area contributed by atoms with Crippen molar-refractivity contribution in [2.45, 2.75) is 38.4 Å². The molecule has 4 rings (SSSR count). The number of hydrogen-bond donors (Lipinski definition) is 0. The van der Waals surface area contributed by atoms with Crippen molar-refractivity contribution in [1.29, 1.82) is 0 Å². The largest absolute Gasteiger partial charge is 0.312 e. The van der Waals surface area contributed by atoms with E-state index in [1.807, 2.05) is 26.0 Å². The molecule has 6 nitrogen and oxygen atoms in total. The molecular weight excluding hydrogens is 430 g/mol. The first kappa shape index (κ1) is 21.5. The maximum absolute atomic E-state index is 13.0.